The molecule has 1 aromatic carbocycles. The van der Waals surface area contributed by atoms with Gasteiger partial charge in [0.25, 0.3) is 0 Å². The van der Waals surface area contributed by atoms with Gasteiger partial charge in [-0.3, -0.25) is 0 Å². The van der Waals surface area contributed by atoms with Gasteiger partial charge < -0.3 is 9.47 Å². The van der Waals surface area contributed by atoms with Gasteiger partial charge in [-0.1, -0.05) is 6.07 Å². The van der Waals surface area contributed by atoms with Crippen LogP contribution in [0.5, 0.6) is 11.5 Å². The lowest BCUT2D eigenvalue weighted by molar-refractivity contribution is -0.139. The smallest absolute Gasteiger partial charge is 0.420 e. The van der Waals surface area contributed by atoms with Crippen LogP contribution in [0.1, 0.15) is 39.2 Å². The van der Waals surface area contributed by atoms with E-state index in [1.165, 1.54) is 12.1 Å². The molecule has 0 heterocycles. The lowest BCUT2D eigenvalue weighted by Gasteiger charge is -2.24. The van der Waals surface area contributed by atoms with Gasteiger partial charge in [0.05, 0.1) is 6.10 Å². The molecule has 1 aromatic rings. The van der Waals surface area contributed by atoms with Crippen LogP contribution in [0.2, 0.25) is 0 Å². The lowest BCUT2D eigenvalue weighted by atomic mass is 10.1. The highest BCUT2D eigenvalue weighted by atomic mass is 19.4. The zero-order valence-electron chi connectivity index (χ0n) is 11.2. The first kappa shape index (κ1) is 14.0. The SMILES string of the molecule is CC(C)(C)Oc1cccc(C(F)(F)F)c1OC1CC1. The summed E-state index contributed by atoms with van der Waals surface area (Å²) in [5.41, 5.74) is -1.35. The summed E-state index contributed by atoms with van der Waals surface area (Å²) in [7, 11) is 0. The van der Waals surface area contributed by atoms with E-state index in [-0.39, 0.29) is 17.6 Å². The Hall–Kier alpha value is -1.39. The number of ether oxygens (including phenoxy) is 2. The van der Waals surface area contributed by atoms with Gasteiger partial charge in [0.1, 0.15) is 11.2 Å². The van der Waals surface area contributed by atoms with E-state index in [1.807, 2.05) is 0 Å². The molecule has 1 fully saturated rings. The molecular weight excluding hydrogens is 257 g/mol. The second-order valence-corrected chi connectivity index (χ2v) is 5.66. The molecule has 0 aromatic heterocycles. The van der Waals surface area contributed by atoms with E-state index in [0.29, 0.717) is 0 Å². The van der Waals surface area contributed by atoms with Gasteiger partial charge in [0, 0.05) is 0 Å². The third-order valence-corrected chi connectivity index (χ3v) is 2.51. The number of hydrogen-bond donors (Lipinski definition) is 0. The highest BCUT2D eigenvalue weighted by Crippen LogP contribution is 2.44. The molecule has 0 saturated heterocycles. The minimum atomic E-state index is -4.44. The van der Waals surface area contributed by atoms with Crippen molar-refractivity contribution < 1.29 is 22.6 Å². The molecule has 0 bridgehead atoms. The van der Waals surface area contributed by atoms with Crippen molar-refractivity contribution in [1.82, 2.24) is 0 Å². The number of hydrogen-bond acceptors (Lipinski definition) is 2. The van der Waals surface area contributed by atoms with Gasteiger partial charge in [0.2, 0.25) is 0 Å². The van der Waals surface area contributed by atoms with Crippen LogP contribution in [-0.2, 0) is 6.18 Å². The van der Waals surface area contributed by atoms with Crippen molar-refractivity contribution in [1.29, 1.82) is 0 Å². The van der Waals surface area contributed by atoms with E-state index in [2.05, 4.69) is 0 Å². The van der Waals surface area contributed by atoms with Crippen molar-refractivity contribution in [2.24, 2.45) is 0 Å². The van der Waals surface area contributed by atoms with Crippen LogP contribution in [0.15, 0.2) is 18.2 Å². The van der Waals surface area contributed by atoms with E-state index in [9.17, 15) is 13.2 Å². The molecule has 0 aliphatic heterocycles. The van der Waals surface area contributed by atoms with Crippen LogP contribution >= 0.6 is 0 Å². The number of halogens is 3. The second kappa shape index (κ2) is 4.62. The van der Waals surface area contributed by atoms with Crippen molar-refractivity contribution in [3.63, 3.8) is 0 Å². The first-order valence-corrected chi connectivity index (χ1v) is 6.23. The summed E-state index contributed by atoms with van der Waals surface area (Å²) in [5, 5.41) is 0. The first-order valence-electron chi connectivity index (χ1n) is 6.23. The molecule has 0 spiro atoms. The summed E-state index contributed by atoms with van der Waals surface area (Å²) in [6.07, 6.45) is -2.98. The summed E-state index contributed by atoms with van der Waals surface area (Å²) in [4.78, 5) is 0. The summed E-state index contributed by atoms with van der Waals surface area (Å²) < 4.78 is 50.0. The standard InChI is InChI=1S/C14H17F3O2/c1-13(2,3)19-11-6-4-5-10(14(15,16)17)12(11)18-9-7-8-9/h4-6,9H,7-8H2,1-3H3. The molecule has 19 heavy (non-hydrogen) atoms. The fourth-order valence-electron chi connectivity index (χ4n) is 1.62. The van der Waals surface area contributed by atoms with E-state index in [1.54, 1.807) is 20.8 Å². The number of alkyl halides is 3. The molecular formula is C14H17F3O2. The molecule has 0 amide bonds. The van der Waals surface area contributed by atoms with Crippen molar-refractivity contribution in [3.05, 3.63) is 23.8 Å². The van der Waals surface area contributed by atoms with Crippen molar-refractivity contribution in [2.45, 2.75) is 51.5 Å². The summed E-state index contributed by atoms with van der Waals surface area (Å²) in [6, 6.07) is 3.87. The Bertz CT molecular complexity index is 457. The molecule has 2 rings (SSSR count). The Balaban J connectivity index is 2.40. The summed E-state index contributed by atoms with van der Waals surface area (Å²) in [6.45, 7) is 5.36. The van der Waals surface area contributed by atoms with Gasteiger partial charge in [0.15, 0.2) is 11.5 Å². The molecule has 106 valence electrons. The Morgan fingerprint density at radius 2 is 1.74 bits per heavy atom. The van der Waals surface area contributed by atoms with Crippen molar-refractivity contribution >= 4 is 0 Å². The van der Waals surface area contributed by atoms with E-state index >= 15 is 0 Å². The van der Waals surface area contributed by atoms with Crippen LogP contribution in [0, 0.1) is 0 Å². The van der Waals surface area contributed by atoms with Gasteiger partial charge in [-0.05, 0) is 45.7 Å². The first-order chi connectivity index (χ1) is 8.67. The zero-order valence-corrected chi connectivity index (χ0v) is 11.2. The minimum Gasteiger partial charge on any atom is -0.486 e. The maximum atomic E-state index is 13.0. The molecule has 0 radical (unpaired) electrons. The molecule has 2 nitrogen and oxygen atoms in total. The molecule has 5 heteroatoms. The predicted molar refractivity (Wildman–Crippen MR) is 65.5 cm³/mol. The van der Waals surface area contributed by atoms with E-state index in [0.717, 1.165) is 18.9 Å². The second-order valence-electron chi connectivity index (χ2n) is 5.66. The molecule has 0 atom stereocenters. The summed E-state index contributed by atoms with van der Waals surface area (Å²) >= 11 is 0. The molecule has 0 unspecified atom stereocenters. The molecule has 1 aliphatic carbocycles. The van der Waals surface area contributed by atoms with Gasteiger partial charge >= 0.3 is 6.18 Å². The predicted octanol–water partition coefficient (Wildman–Crippen LogP) is 4.42. The number of para-hydroxylation sites is 1. The maximum Gasteiger partial charge on any atom is 0.420 e. The highest BCUT2D eigenvalue weighted by molar-refractivity contribution is 5.48. The van der Waals surface area contributed by atoms with Crippen LogP contribution < -0.4 is 9.47 Å². The maximum absolute atomic E-state index is 13.0. The average molecular weight is 274 g/mol. The molecule has 1 aliphatic rings. The zero-order chi connectivity index (χ0) is 14.3. The molecule has 0 N–H and O–H groups in total. The Labute approximate surface area is 110 Å². The van der Waals surface area contributed by atoms with Gasteiger partial charge in [-0.2, -0.15) is 13.2 Å². The fraction of sp³-hybridized carbons (Fsp3) is 0.571. The van der Waals surface area contributed by atoms with Crippen molar-refractivity contribution in [2.75, 3.05) is 0 Å². The summed E-state index contributed by atoms with van der Waals surface area (Å²) in [5.74, 6) is -0.0401. The largest absolute Gasteiger partial charge is 0.486 e. The third kappa shape index (κ3) is 3.78. The number of rotatable bonds is 3. The molecule has 1 saturated carbocycles. The lowest BCUT2D eigenvalue weighted by Crippen LogP contribution is -2.24. The fourth-order valence-corrected chi connectivity index (χ4v) is 1.62. The monoisotopic (exact) mass is 274 g/mol. The highest BCUT2D eigenvalue weighted by Gasteiger charge is 2.38. The number of benzene rings is 1. The minimum absolute atomic E-state index is 0.120. The van der Waals surface area contributed by atoms with E-state index in [4.69, 9.17) is 9.47 Å². The average Bonchev–Trinajstić information content (AvgIpc) is 3.00. The Kier molecular flexibility index (Phi) is 3.41. The van der Waals surface area contributed by atoms with Crippen LogP contribution in [-0.4, -0.2) is 11.7 Å². The van der Waals surface area contributed by atoms with Gasteiger partial charge in [-0.25, -0.2) is 0 Å². The third-order valence-electron chi connectivity index (χ3n) is 2.51. The Morgan fingerprint density at radius 3 is 2.21 bits per heavy atom. The van der Waals surface area contributed by atoms with E-state index < -0.39 is 17.3 Å². The van der Waals surface area contributed by atoms with Crippen LogP contribution in [0.3, 0.4) is 0 Å². The van der Waals surface area contributed by atoms with Crippen LogP contribution in [0.25, 0.3) is 0 Å². The quantitative estimate of drug-likeness (QED) is 0.812. The normalized spacial score (nSPS) is 16.3. The topological polar surface area (TPSA) is 18.5 Å². The van der Waals surface area contributed by atoms with Gasteiger partial charge in [-0.15, -0.1) is 0 Å². The van der Waals surface area contributed by atoms with Crippen molar-refractivity contribution in [3.8, 4) is 11.5 Å². The Morgan fingerprint density at radius 1 is 1.11 bits per heavy atom. The van der Waals surface area contributed by atoms with Crippen LogP contribution in [0.4, 0.5) is 13.2 Å².